The third kappa shape index (κ3) is 3.74. The highest BCUT2D eigenvalue weighted by Crippen LogP contribution is 2.27. The Morgan fingerprint density at radius 1 is 1.33 bits per heavy atom. The number of hydrogen-bond acceptors (Lipinski definition) is 5. The monoisotopic (exact) mass is 293 g/mol. The fraction of sp³-hybridized carbons (Fsp3) is 0.867. The molecule has 2 atom stereocenters. The van der Waals surface area contributed by atoms with Gasteiger partial charge in [-0.3, -0.25) is 5.10 Å². The first-order chi connectivity index (χ1) is 10.2. The van der Waals surface area contributed by atoms with E-state index in [9.17, 15) is 5.11 Å². The average Bonchev–Trinajstić information content (AvgIpc) is 3.17. The SMILES string of the molecule is CC(O)CCc1nc(N2CCC(C3CCCN3)CC2)n[nH]1. The summed E-state index contributed by atoms with van der Waals surface area (Å²) in [6, 6.07) is 0.737. The van der Waals surface area contributed by atoms with E-state index in [0.29, 0.717) is 0 Å². The molecule has 3 N–H and O–H groups in total. The van der Waals surface area contributed by atoms with Crippen molar-refractivity contribution in [2.24, 2.45) is 5.92 Å². The molecule has 2 aliphatic rings. The molecule has 0 radical (unpaired) electrons. The van der Waals surface area contributed by atoms with Crippen molar-refractivity contribution in [1.82, 2.24) is 20.5 Å². The number of hydrogen-bond donors (Lipinski definition) is 3. The van der Waals surface area contributed by atoms with Gasteiger partial charge in [0, 0.05) is 25.6 Å². The first kappa shape index (κ1) is 14.8. The lowest BCUT2D eigenvalue weighted by molar-refractivity contribution is 0.184. The van der Waals surface area contributed by atoms with Crippen molar-refractivity contribution in [3.05, 3.63) is 5.82 Å². The molecule has 0 saturated carbocycles. The number of anilines is 1. The number of aliphatic hydroxyl groups excluding tert-OH is 1. The van der Waals surface area contributed by atoms with Crippen LogP contribution in [0.2, 0.25) is 0 Å². The lowest BCUT2D eigenvalue weighted by Crippen LogP contribution is -2.41. The van der Waals surface area contributed by atoms with Gasteiger partial charge in [-0.15, -0.1) is 5.10 Å². The van der Waals surface area contributed by atoms with E-state index in [2.05, 4.69) is 25.4 Å². The summed E-state index contributed by atoms with van der Waals surface area (Å²) in [6.07, 6.45) is 6.34. The first-order valence-electron chi connectivity index (χ1n) is 8.30. The van der Waals surface area contributed by atoms with Gasteiger partial charge in [-0.25, -0.2) is 0 Å². The van der Waals surface area contributed by atoms with Crippen molar-refractivity contribution in [2.75, 3.05) is 24.5 Å². The van der Waals surface area contributed by atoms with Gasteiger partial charge in [-0.1, -0.05) is 0 Å². The van der Waals surface area contributed by atoms with Gasteiger partial charge < -0.3 is 15.3 Å². The quantitative estimate of drug-likeness (QED) is 0.757. The van der Waals surface area contributed by atoms with E-state index < -0.39 is 0 Å². The molecule has 6 heteroatoms. The minimum atomic E-state index is -0.284. The van der Waals surface area contributed by atoms with Crippen molar-refractivity contribution in [2.45, 2.75) is 57.6 Å². The predicted octanol–water partition coefficient (Wildman–Crippen LogP) is 1.09. The van der Waals surface area contributed by atoms with Crippen LogP contribution in [0.25, 0.3) is 0 Å². The summed E-state index contributed by atoms with van der Waals surface area (Å²) in [5.74, 6) is 2.52. The Labute approximate surface area is 126 Å². The molecule has 1 aromatic rings. The van der Waals surface area contributed by atoms with E-state index >= 15 is 0 Å². The highest BCUT2D eigenvalue weighted by molar-refractivity contribution is 5.29. The van der Waals surface area contributed by atoms with Gasteiger partial charge >= 0.3 is 0 Å². The number of rotatable bonds is 5. The summed E-state index contributed by atoms with van der Waals surface area (Å²) in [6.45, 7) is 5.10. The van der Waals surface area contributed by atoms with Crippen LogP contribution in [0.15, 0.2) is 0 Å². The molecular weight excluding hydrogens is 266 g/mol. The van der Waals surface area contributed by atoms with Gasteiger partial charge in [0.15, 0.2) is 0 Å². The summed E-state index contributed by atoms with van der Waals surface area (Å²) < 4.78 is 0. The maximum absolute atomic E-state index is 9.32. The van der Waals surface area contributed by atoms with Crippen molar-refractivity contribution in [3.8, 4) is 0 Å². The molecule has 2 unspecified atom stereocenters. The Hall–Kier alpha value is -1.14. The van der Waals surface area contributed by atoms with E-state index in [1.54, 1.807) is 6.92 Å². The van der Waals surface area contributed by atoms with Gasteiger partial charge in [0.05, 0.1) is 6.10 Å². The molecule has 6 nitrogen and oxygen atoms in total. The number of nitrogens with zero attached hydrogens (tertiary/aromatic N) is 3. The zero-order chi connectivity index (χ0) is 14.7. The minimum absolute atomic E-state index is 0.284. The van der Waals surface area contributed by atoms with Gasteiger partial charge in [0.25, 0.3) is 0 Å². The molecule has 2 aliphatic heterocycles. The Morgan fingerprint density at radius 2 is 2.14 bits per heavy atom. The molecular formula is C15H27N5O. The van der Waals surface area contributed by atoms with Crippen molar-refractivity contribution < 1.29 is 5.11 Å². The van der Waals surface area contributed by atoms with Crippen LogP contribution in [0.1, 0.15) is 44.9 Å². The fourth-order valence-corrected chi connectivity index (χ4v) is 3.50. The fourth-order valence-electron chi connectivity index (χ4n) is 3.50. The molecule has 0 spiro atoms. The predicted molar refractivity (Wildman–Crippen MR) is 82.3 cm³/mol. The standard InChI is InChI=1S/C15H27N5O/c1-11(21)4-5-14-17-15(19-18-14)20-9-6-12(7-10-20)13-3-2-8-16-13/h11-13,16,21H,2-10H2,1H3,(H,17,18,19). The molecule has 2 saturated heterocycles. The third-order valence-electron chi connectivity index (χ3n) is 4.81. The average molecular weight is 293 g/mol. The van der Waals surface area contributed by atoms with E-state index in [1.165, 1.54) is 32.2 Å². The minimum Gasteiger partial charge on any atom is -0.393 e. The van der Waals surface area contributed by atoms with E-state index in [4.69, 9.17) is 0 Å². The second-order valence-electron chi connectivity index (χ2n) is 6.50. The van der Waals surface area contributed by atoms with Crippen molar-refractivity contribution in [1.29, 1.82) is 0 Å². The van der Waals surface area contributed by atoms with Crippen LogP contribution in [-0.2, 0) is 6.42 Å². The van der Waals surface area contributed by atoms with Crippen molar-refractivity contribution in [3.63, 3.8) is 0 Å². The third-order valence-corrected chi connectivity index (χ3v) is 4.81. The topological polar surface area (TPSA) is 77.1 Å². The number of aryl methyl sites for hydroxylation is 1. The maximum Gasteiger partial charge on any atom is 0.244 e. The molecule has 0 aromatic carbocycles. The second kappa shape index (κ2) is 6.75. The Kier molecular flexibility index (Phi) is 4.75. The summed E-state index contributed by atoms with van der Waals surface area (Å²) in [5, 5.41) is 20.3. The molecule has 2 fully saturated rings. The Bertz CT molecular complexity index is 433. The number of aromatic amines is 1. The van der Waals surface area contributed by atoms with E-state index in [0.717, 1.165) is 49.7 Å². The van der Waals surface area contributed by atoms with Gasteiger partial charge in [0.1, 0.15) is 5.82 Å². The van der Waals surface area contributed by atoms with Crippen LogP contribution >= 0.6 is 0 Å². The van der Waals surface area contributed by atoms with Crippen LogP contribution in [0, 0.1) is 5.92 Å². The van der Waals surface area contributed by atoms with Crippen LogP contribution < -0.4 is 10.2 Å². The first-order valence-corrected chi connectivity index (χ1v) is 8.30. The number of nitrogens with one attached hydrogen (secondary N) is 2. The molecule has 3 heterocycles. The molecule has 118 valence electrons. The lowest BCUT2D eigenvalue weighted by Gasteiger charge is -2.34. The van der Waals surface area contributed by atoms with E-state index in [1.807, 2.05) is 0 Å². The van der Waals surface area contributed by atoms with Gasteiger partial charge in [-0.05, 0) is 51.5 Å². The summed E-state index contributed by atoms with van der Waals surface area (Å²) >= 11 is 0. The van der Waals surface area contributed by atoms with Crippen molar-refractivity contribution >= 4 is 5.95 Å². The highest BCUT2D eigenvalue weighted by Gasteiger charge is 2.29. The van der Waals surface area contributed by atoms with Gasteiger partial charge in [0.2, 0.25) is 5.95 Å². The van der Waals surface area contributed by atoms with Crippen LogP contribution in [-0.4, -0.2) is 52.1 Å². The Balaban J connectivity index is 1.49. The lowest BCUT2D eigenvalue weighted by atomic mass is 9.89. The zero-order valence-electron chi connectivity index (χ0n) is 12.9. The molecule has 1 aromatic heterocycles. The number of aliphatic hydroxyl groups is 1. The number of H-pyrrole nitrogens is 1. The normalized spacial score (nSPS) is 25.4. The number of piperidine rings is 1. The van der Waals surface area contributed by atoms with Crippen LogP contribution in [0.4, 0.5) is 5.95 Å². The van der Waals surface area contributed by atoms with E-state index in [-0.39, 0.29) is 6.10 Å². The Morgan fingerprint density at radius 3 is 2.81 bits per heavy atom. The second-order valence-corrected chi connectivity index (χ2v) is 6.50. The number of aromatic nitrogens is 3. The summed E-state index contributed by atoms with van der Waals surface area (Å²) in [4.78, 5) is 6.85. The van der Waals surface area contributed by atoms with Gasteiger partial charge in [-0.2, -0.15) is 4.98 Å². The molecule has 21 heavy (non-hydrogen) atoms. The molecule has 0 bridgehead atoms. The highest BCUT2D eigenvalue weighted by atomic mass is 16.3. The maximum atomic E-state index is 9.32. The van der Waals surface area contributed by atoms with Crippen LogP contribution in [0.5, 0.6) is 0 Å². The zero-order valence-corrected chi connectivity index (χ0v) is 12.9. The molecule has 3 rings (SSSR count). The molecule has 0 aliphatic carbocycles. The summed E-state index contributed by atoms with van der Waals surface area (Å²) in [7, 11) is 0. The summed E-state index contributed by atoms with van der Waals surface area (Å²) in [5.41, 5.74) is 0. The molecule has 0 amide bonds. The largest absolute Gasteiger partial charge is 0.393 e. The smallest absolute Gasteiger partial charge is 0.244 e. The van der Waals surface area contributed by atoms with Crippen LogP contribution in [0.3, 0.4) is 0 Å².